The molecule has 0 spiro atoms. The summed E-state index contributed by atoms with van der Waals surface area (Å²) in [5, 5.41) is 5.41. The molecule has 0 unspecified atom stereocenters. The molecule has 5 heteroatoms. The summed E-state index contributed by atoms with van der Waals surface area (Å²) in [4.78, 5) is 17.3. The van der Waals surface area contributed by atoms with Crippen molar-refractivity contribution in [2.24, 2.45) is 0 Å². The van der Waals surface area contributed by atoms with E-state index in [0.29, 0.717) is 11.6 Å². The number of carbonyl (C=O) groups excluding carboxylic acids is 1. The molecule has 0 aliphatic rings. The first-order chi connectivity index (χ1) is 8.69. The predicted molar refractivity (Wildman–Crippen MR) is 77.4 cm³/mol. The second-order valence-corrected chi connectivity index (χ2v) is 5.54. The molecule has 2 rings (SSSR count). The van der Waals surface area contributed by atoms with Crippen LogP contribution in [0.1, 0.15) is 11.3 Å². The third-order valence-electron chi connectivity index (χ3n) is 2.41. The van der Waals surface area contributed by atoms with E-state index < -0.39 is 0 Å². The number of rotatable bonds is 4. The third-order valence-corrected chi connectivity index (χ3v) is 4.12. The minimum Gasteiger partial charge on any atom is -0.302 e. The second kappa shape index (κ2) is 6.02. The minimum absolute atomic E-state index is 0.0224. The van der Waals surface area contributed by atoms with Gasteiger partial charge in [-0.05, 0) is 24.8 Å². The molecular weight excluding hydrogens is 264 g/mol. The highest BCUT2D eigenvalue weighted by atomic mass is 32.2. The molecule has 1 N–H and O–H groups in total. The average molecular weight is 278 g/mol. The standard InChI is InChI=1S/C13H14N2OS2/c1-9-8-18-13(14-9)15-12(16)7-10-5-3-4-6-11(10)17-2/h3-6,8H,7H2,1-2H3,(H,14,15,16). The van der Waals surface area contributed by atoms with Crippen LogP contribution >= 0.6 is 23.1 Å². The zero-order valence-corrected chi connectivity index (χ0v) is 11.9. The quantitative estimate of drug-likeness (QED) is 0.872. The lowest BCUT2D eigenvalue weighted by Gasteiger charge is -2.06. The van der Waals surface area contributed by atoms with Gasteiger partial charge in [0.2, 0.25) is 5.91 Å². The van der Waals surface area contributed by atoms with Gasteiger partial charge >= 0.3 is 0 Å². The highest BCUT2D eigenvalue weighted by Crippen LogP contribution is 2.21. The SMILES string of the molecule is CSc1ccccc1CC(=O)Nc1nc(C)cs1. The lowest BCUT2D eigenvalue weighted by molar-refractivity contribution is -0.115. The van der Waals surface area contributed by atoms with Crippen molar-refractivity contribution < 1.29 is 4.79 Å². The summed E-state index contributed by atoms with van der Waals surface area (Å²) in [6.45, 7) is 1.91. The number of nitrogens with one attached hydrogen (secondary N) is 1. The highest BCUT2D eigenvalue weighted by Gasteiger charge is 2.09. The van der Waals surface area contributed by atoms with Crippen molar-refractivity contribution in [3.05, 3.63) is 40.9 Å². The molecule has 18 heavy (non-hydrogen) atoms. The van der Waals surface area contributed by atoms with Crippen molar-refractivity contribution in [2.45, 2.75) is 18.2 Å². The first kappa shape index (κ1) is 13.1. The maximum Gasteiger partial charge on any atom is 0.230 e. The molecule has 94 valence electrons. The van der Waals surface area contributed by atoms with E-state index >= 15 is 0 Å². The first-order valence-corrected chi connectivity index (χ1v) is 7.63. The zero-order chi connectivity index (χ0) is 13.0. The van der Waals surface area contributed by atoms with Crippen LogP contribution in [0.3, 0.4) is 0 Å². The number of thioether (sulfide) groups is 1. The largest absolute Gasteiger partial charge is 0.302 e. The van der Waals surface area contributed by atoms with Gasteiger partial charge in [0.25, 0.3) is 0 Å². The molecule has 1 aromatic heterocycles. The van der Waals surface area contributed by atoms with Crippen LogP contribution in [0.4, 0.5) is 5.13 Å². The van der Waals surface area contributed by atoms with Crippen molar-refractivity contribution >= 4 is 34.1 Å². The summed E-state index contributed by atoms with van der Waals surface area (Å²) < 4.78 is 0. The molecule has 1 amide bonds. The van der Waals surface area contributed by atoms with E-state index in [-0.39, 0.29) is 5.91 Å². The summed E-state index contributed by atoms with van der Waals surface area (Å²) in [5.41, 5.74) is 1.98. The van der Waals surface area contributed by atoms with Gasteiger partial charge < -0.3 is 5.32 Å². The van der Waals surface area contributed by atoms with Crippen molar-refractivity contribution in [3.8, 4) is 0 Å². The van der Waals surface area contributed by atoms with E-state index in [1.807, 2.05) is 42.8 Å². The molecule has 0 aliphatic carbocycles. The fourth-order valence-corrected chi connectivity index (χ4v) is 2.92. The Labute approximate surface area is 115 Å². The maximum atomic E-state index is 11.9. The molecule has 3 nitrogen and oxygen atoms in total. The van der Waals surface area contributed by atoms with Crippen LogP contribution < -0.4 is 5.32 Å². The molecule has 0 saturated heterocycles. The normalized spacial score (nSPS) is 10.3. The number of hydrogen-bond acceptors (Lipinski definition) is 4. The summed E-state index contributed by atoms with van der Waals surface area (Å²) in [6, 6.07) is 7.95. The van der Waals surface area contributed by atoms with Gasteiger partial charge in [-0.3, -0.25) is 4.79 Å². The molecular formula is C13H14N2OS2. The number of amides is 1. The van der Waals surface area contributed by atoms with Crippen LogP contribution in [0.15, 0.2) is 34.5 Å². The Balaban J connectivity index is 2.03. The maximum absolute atomic E-state index is 11.9. The molecule has 1 heterocycles. The van der Waals surface area contributed by atoms with Crippen molar-refractivity contribution in [2.75, 3.05) is 11.6 Å². The smallest absolute Gasteiger partial charge is 0.230 e. The van der Waals surface area contributed by atoms with Crippen LogP contribution in [0.5, 0.6) is 0 Å². The van der Waals surface area contributed by atoms with Crippen LogP contribution in [0.2, 0.25) is 0 Å². The van der Waals surface area contributed by atoms with Gasteiger partial charge in [-0.2, -0.15) is 0 Å². The third kappa shape index (κ3) is 3.34. The molecule has 0 fully saturated rings. The second-order valence-electron chi connectivity index (χ2n) is 3.83. The molecule has 0 aliphatic heterocycles. The Morgan fingerprint density at radius 1 is 1.44 bits per heavy atom. The van der Waals surface area contributed by atoms with Crippen LogP contribution in [-0.4, -0.2) is 17.1 Å². The van der Waals surface area contributed by atoms with Gasteiger partial charge in [0.05, 0.1) is 12.1 Å². The monoisotopic (exact) mass is 278 g/mol. The summed E-state index contributed by atoms with van der Waals surface area (Å²) in [6.07, 6.45) is 2.40. The van der Waals surface area contributed by atoms with E-state index in [9.17, 15) is 4.79 Å². The van der Waals surface area contributed by atoms with E-state index in [1.165, 1.54) is 11.3 Å². The fraction of sp³-hybridized carbons (Fsp3) is 0.231. The molecule has 0 radical (unpaired) electrons. The van der Waals surface area contributed by atoms with Gasteiger partial charge in [0.1, 0.15) is 0 Å². The van der Waals surface area contributed by atoms with E-state index in [4.69, 9.17) is 0 Å². The molecule has 0 saturated carbocycles. The van der Waals surface area contributed by atoms with Crippen molar-refractivity contribution in [1.82, 2.24) is 4.98 Å². The molecule has 1 aromatic carbocycles. The number of nitrogens with zero attached hydrogens (tertiary/aromatic N) is 1. The first-order valence-electron chi connectivity index (χ1n) is 5.53. The topological polar surface area (TPSA) is 42.0 Å². The Bertz CT molecular complexity index is 551. The lowest BCUT2D eigenvalue weighted by atomic mass is 10.1. The number of hydrogen-bond donors (Lipinski definition) is 1. The van der Waals surface area contributed by atoms with Crippen LogP contribution in [0, 0.1) is 6.92 Å². The Kier molecular flexibility index (Phi) is 4.38. The number of carbonyl (C=O) groups is 1. The number of thiazole rings is 1. The molecule has 2 aromatic rings. The van der Waals surface area contributed by atoms with Crippen molar-refractivity contribution in [3.63, 3.8) is 0 Å². The van der Waals surface area contributed by atoms with Crippen molar-refractivity contribution in [1.29, 1.82) is 0 Å². The van der Waals surface area contributed by atoms with Gasteiger partial charge in [-0.1, -0.05) is 18.2 Å². The van der Waals surface area contributed by atoms with Crippen LogP contribution in [0.25, 0.3) is 0 Å². The minimum atomic E-state index is -0.0224. The number of aromatic nitrogens is 1. The predicted octanol–water partition coefficient (Wildman–Crippen LogP) is 3.35. The fourth-order valence-electron chi connectivity index (χ4n) is 1.60. The van der Waals surface area contributed by atoms with E-state index in [2.05, 4.69) is 10.3 Å². The zero-order valence-electron chi connectivity index (χ0n) is 10.3. The average Bonchev–Trinajstić information content (AvgIpc) is 2.75. The summed E-state index contributed by atoms with van der Waals surface area (Å²) in [5.74, 6) is -0.0224. The van der Waals surface area contributed by atoms with Crippen LogP contribution in [-0.2, 0) is 11.2 Å². The lowest BCUT2D eigenvalue weighted by Crippen LogP contribution is -2.14. The number of aryl methyl sites for hydroxylation is 1. The van der Waals surface area contributed by atoms with Gasteiger partial charge in [-0.25, -0.2) is 4.98 Å². The van der Waals surface area contributed by atoms with E-state index in [1.54, 1.807) is 11.8 Å². The van der Waals surface area contributed by atoms with Gasteiger partial charge in [0, 0.05) is 10.3 Å². The number of anilines is 1. The molecule has 0 atom stereocenters. The number of benzene rings is 1. The summed E-state index contributed by atoms with van der Waals surface area (Å²) >= 11 is 3.10. The Hall–Kier alpha value is -1.33. The van der Waals surface area contributed by atoms with E-state index in [0.717, 1.165) is 16.2 Å². The summed E-state index contributed by atoms with van der Waals surface area (Å²) in [7, 11) is 0. The Morgan fingerprint density at radius 2 is 2.22 bits per heavy atom. The Morgan fingerprint density at radius 3 is 2.89 bits per heavy atom. The highest BCUT2D eigenvalue weighted by molar-refractivity contribution is 7.98. The van der Waals surface area contributed by atoms with Gasteiger partial charge in [0.15, 0.2) is 5.13 Å². The molecule has 0 bridgehead atoms. The van der Waals surface area contributed by atoms with Gasteiger partial charge in [-0.15, -0.1) is 23.1 Å².